The van der Waals surface area contributed by atoms with Gasteiger partial charge in [0, 0.05) is 44.0 Å². The summed E-state index contributed by atoms with van der Waals surface area (Å²) in [6, 6.07) is 16.7. The number of nitrogens with one attached hydrogen (secondary N) is 1. The van der Waals surface area contributed by atoms with E-state index in [-0.39, 0.29) is 22.4 Å². The minimum atomic E-state index is -0.352. The Morgan fingerprint density at radius 3 is 2.48 bits per heavy atom. The smallest absolute Gasteiger partial charge is 0.292 e. The van der Waals surface area contributed by atoms with Gasteiger partial charge in [0.15, 0.2) is 0 Å². The minimum absolute atomic E-state index is 0.0381. The van der Waals surface area contributed by atoms with E-state index >= 15 is 0 Å². The number of nitrogens with zero attached hydrogens (tertiary/aromatic N) is 4. The van der Waals surface area contributed by atoms with Crippen molar-refractivity contribution < 1.29 is 9.72 Å². The van der Waals surface area contributed by atoms with Crippen molar-refractivity contribution in [3.8, 4) is 0 Å². The van der Waals surface area contributed by atoms with Crippen molar-refractivity contribution in [2.45, 2.75) is 25.9 Å². The first-order chi connectivity index (χ1) is 15.1. The Labute approximate surface area is 180 Å². The average molecular weight is 419 g/mol. The summed E-state index contributed by atoms with van der Waals surface area (Å²) >= 11 is 0. The van der Waals surface area contributed by atoms with Gasteiger partial charge in [0.1, 0.15) is 5.69 Å². The van der Waals surface area contributed by atoms with Gasteiger partial charge in [0.25, 0.3) is 5.69 Å². The maximum absolute atomic E-state index is 12.8. The highest BCUT2D eigenvalue weighted by Crippen LogP contribution is 2.31. The van der Waals surface area contributed by atoms with Crippen LogP contribution in [0.2, 0.25) is 0 Å². The highest BCUT2D eigenvalue weighted by molar-refractivity contribution is 5.79. The van der Waals surface area contributed by atoms with Crippen LogP contribution in [-0.4, -0.2) is 33.7 Å². The van der Waals surface area contributed by atoms with Crippen LogP contribution in [0.15, 0.2) is 67.0 Å². The fourth-order valence-electron chi connectivity index (χ4n) is 4.05. The molecule has 1 aliphatic heterocycles. The quantitative estimate of drug-likeness (QED) is 0.468. The lowest BCUT2D eigenvalue weighted by molar-refractivity contribution is -0.384. The lowest BCUT2D eigenvalue weighted by Gasteiger charge is -2.32. The van der Waals surface area contributed by atoms with E-state index < -0.39 is 0 Å². The molecular formula is C23H25N5O3. The van der Waals surface area contributed by atoms with E-state index in [9.17, 15) is 14.9 Å². The molecule has 0 saturated carbocycles. The Bertz CT molecular complexity index is 1040. The highest BCUT2D eigenvalue weighted by atomic mass is 16.6. The second-order valence-electron chi connectivity index (χ2n) is 7.70. The molecule has 1 aromatic heterocycles. The SMILES string of the molecule is O=C(NCc1ccccc1Cn1cccn1)C1CCN(c2ccccc2[N+](=O)[O-])CC1. The number of rotatable bonds is 7. The van der Waals surface area contributed by atoms with Crippen molar-refractivity contribution in [1.29, 1.82) is 0 Å². The van der Waals surface area contributed by atoms with Crippen LogP contribution < -0.4 is 10.2 Å². The Hall–Kier alpha value is -3.68. The summed E-state index contributed by atoms with van der Waals surface area (Å²) in [4.78, 5) is 25.7. The number of nitro benzene ring substituents is 1. The fraction of sp³-hybridized carbons (Fsp3) is 0.304. The first-order valence-electron chi connectivity index (χ1n) is 10.4. The molecule has 1 saturated heterocycles. The standard InChI is InChI=1S/C23H25N5O3/c29-23(24-16-19-6-1-2-7-20(19)17-27-13-5-12-25-27)18-10-14-26(15-11-18)21-8-3-4-9-22(21)28(30)31/h1-9,12-13,18H,10-11,14-17H2,(H,24,29). The molecule has 3 aromatic rings. The molecule has 1 N–H and O–H groups in total. The number of amides is 1. The van der Waals surface area contributed by atoms with Gasteiger partial charge in [0.2, 0.25) is 5.91 Å². The number of nitro groups is 1. The molecule has 8 heteroatoms. The van der Waals surface area contributed by atoms with Crippen molar-refractivity contribution in [3.63, 3.8) is 0 Å². The molecule has 0 unspecified atom stereocenters. The third-order valence-electron chi connectivity index (χ3n) is 5.75. The third-order valence-corrected chi connectivity index (χ3v) is 5.75. The van der Waals surface area contributed by atoms with Gasteiger partial charge in [0.05, 0.1) is 11.5 Å². The van der Waals surface area contributed by atoms with Crippen LogP contribution in [-0.2, 0) is 17.9 Å². The molecule has 0 bridgehead atoms. The van der Waals surface area contributed by atoms with Gasteiger partial charge >= 0.3 is 0 Å². The van der Waals surface area contributed by atoms with Gasteiger partial charge in [-0.05, 0) is 36.1 Å². The van der Waals surface area contributed by atoms with Crippen LogP contribution in [0.4, 0.5) is 11.4 Å². The molecule has 0 atom stereocenters. The average Bonchev–Trinajstić information content (AvgIpc) is 3.31. The van der Waals surface area contributed by atoms with Crippen LogP contribution in [0.5, 0.6) is 0 Å². The Morgan fingerprint density at radius 2 is 1.77 bits per heavy atom. The van der Waals surface area contributed by atoms with Crippen molar-refractivity contribution in [2.75, 3.05) is 18.0 Å². The highest BCUT2D eigenvalue weighted by Gasteiger charge is 2.28. The molecule has 1 aliphatic rings. The minimum Gasteiger partial charge on any atom is -0.366 e. The predicted octanol–water partition coefficient (Wildman–Crippen LogP) is 3.37. The van der Waals surface area contributed by atoms with Crippen LogP contribution in [0.1, 0.15) is 24.0 Å². The van der Waals surface area contributed by atoms with Crippen LogP contribution in [0, 0.1) is 16.0 Å². The number of piperidine rings is 1. The predicted molar refractivity (Wildman–Crippen MR) is 118 cm³/mol. The van der Waals surface area contributed by atoms with Gasteiger partial charge in [-0.25, -0.2) is 0 Å². The van der Waals surface area contributed by atoms with Gasteiger partial charge in [-0.2, -0.15) is 5.10 Å². The number of anilines is 1. The van der Waals surface area contributed by atoms with E-state index in [0.717, 1.165) is 11.1 Å². The first-order valence-corrected chi connectivity index (χ1v) is 10.4. The molecule has 1 amide bonds. The molecule has 8 nitrogen and oxygen atoms in total. The zero-order chi connectivity index (χ0) is 21.6. The van der Waals surface area contributed by atoms with Crippen molar-refractivity contribution in [2.24, 2.45) is 5.92 Å². The van der Waals surface area contributed by atoms with Crippen molar-refractivity contribution in [1.82, 2.24) is 15.1 Å². The van der Waals surface area contributed by atoms with Crippen molar-refractivity contribution in [3.05, 3.63) is 88.2 Å². The number of hydrogen-bond acceptors (Lipinski definition) is 5. The summed E-state index contributed by atoms with van der Waals surface area (Å²) in [5.41, 5.74) is 2.93. The Kier molecular flexibility index (Phi) is 6.26. The van der Waals surface area contributed by atoms with E-state index in [0.29, 0.717) is 44.7 Å². The monoisotopic (exact) mass is 419 g/mol. The molecule has 2 heterocycles. The number of carbonyl (C=O) groups excluding carboxylic acids is 1. The summed E-state index contributed by atoms with van der Waals surface area (Å²) in [5, 5.41) is 18.6. The molecule has 1 fully saturated rings. The molecule has 0 aliphatic carbocycles. The van der Waals surface area contributed by atoms with Crippen LogP contribution in [0.25, 0.3) is 0 Å². The van der Waals surface area contributed by atoms with Gasteiger partial charge in [-0.15, -0.1) is 0 Å². The van der Waals surface area contributed by atoms with E-state index in [1.807, 2.05) is 46.1 Å². The number of hydrogen-bond donors (Lipinski definition) is 1. The number of aromatic nitrogens is 2. The zero-order valence-corrected chi connectivity index (χ0v) is 17.2. The number of para-hydroxylation sites is 2. The molecule has 0 spiro atoms. The summed E-state index contributed by atoms with van der Waals surface area (Å²) < 4.78 is 1.86. The number of benzene rings is 2. The normalized spacial score (nSPS) is 14.4. The van der Waals surface area contributed by atoms with Crippen LogP contribution >= 0.6 is 0 Å². The fourth-order valence-corrected chi connectivity index (χ4v) is 4.05. The van der Waals surface area contributed by atoms with Gasteiger partial charge in [-0.1, -0.05) is 36.4 Å². The molecular weight excluding hydrogens is 394 g/mol. The Balaban J connectivity index is 1.33. The van der Waals surface area contributed by atoms with Gasteiger partial charge < -0.3 is 10.2 Å². The summed E-state index contributed by atoms with van der Waals surface area (Å²) in [6.07, 6.45) is 5.01. The van der Waals surface area contributed by atoms with E-state index in [1.165, 1.54) is 6.07 Å². The third kappa shape index (κ3) is 4.91. The maximum Gasteiger partial charge on any atom is 0.292 e. The topological polar surface area (TPSA) is 93.3 Å². The van der Waals surface area contributed by atoms with Crippen molar-refractivity contribution >= 4 is 17.3 Å². The Morgan fingerprint density at radius 1 is 1.06 bits per heavy atom. The lowest BCUT2D eigenvalue weighted by atomic mass is 9.95. The molecule has 31 heavy (non-hydrogen) atoms. The summed E-state index contributed by atoms with van der Waals surface area (Å²) in [7, 11) is 0. The lowest BCUT2D eigenvalue weighted by Crippen LogP contribution is -2.40. The summed E-state index contributed by atoms with van der Waals surface area (Å²) in [6.45, 7) is 2.38. The van der Waals surface area contributed by atoms with E-state index in [1.54, 1.807) is 18.3 Å². The molecule has 160 valence electrons. The first kappa shape index (κ1) is 20.6. The second-order valence-corrected chi connectivity index (χ2v) is 7.70. The molecule has 0 radical (unpaired) electrons. The van der Waals surface area contributed by atoms with Crippen LogP contribution in [0.3, 0.4) is 0 Å². The zero-order valence-electron chi connectivity index (χ0n) is 17.2. The molecule has 2 aromatic carbocycles. The van der Waals surface area contributed by atoms with E-state index in [4.69, 9.17) is 0 Å². The second kappa shape index (κ2) is 9.42. The largest absolute Gasteiger partial charge is 0.366 e. The molecule has 4 rings (SSSR count). The maximum atomic E-state index is 12.8. The number of carbonyl (C=O) groups is 1. The van der Waals surface area contributed by atoms with Gasteiger partial charge in [-0.3, -0.25) is 19.6 Å². The summed E-state index contributed by atoms with van der Waals surface area (Å²) in [5.74, 6) is -0.0478. The van der Waals surface area contributed by atoms with E-state index in [2.05, 4.69) is 16.5 Å².